The lowest BCUT2D eigenvalue weighted by Crippen LogP contribution is -2.50. The van der Waals surface area contributed by atoms with Gasteiger partial charge in [0.25, 0.3) is 5.91 Å². The van der Waals surface area contributed by atoms with Crippen LogP contribution >= 0.6 is 11.3 Å². The first-order chi connectivity index (χ1) is 17.2. The van der Waals surface area contributed by atoms with Crippen LogP contribution in [0.4, 0.5) is 15.9 Å². The second kappa shape index (κ2) is 8.60. The van der Waals surface area contributed by atoms with Gasteiger partial charge in [0.2, 0.25) is 0 Å². The van der Waals surface area contributed by atoms with Crippen molar-refractivity contribution < 1.29 is 13.9 Å². The molecular formula is C25H30FN7O2S. The Labute approximate surface area is 212 Å². The highest BCUT2D eigenvalue weighted by atomic mass is 32.1. The third-order valence-electron chi connectivity index (χ3n) is 7.99. The largest absolute Gasteiger partial charge is 0.396 e. The molecule has 0 saturated carbocycles. The van der Waals surface area contributed by atoms with Crippen LogP contribution in [0.3, 0.4) is 0 Å². The highest BCUT2D eigenvalue weighted by Gasteiger charge is 2.52. The van der Waals surface area contributed by atoms with Crippen LogP contribution in [0, 0.1) is 18.7 Å². The topological polar surface area (TPSA) is 132 Å². The molecule has 5 heterocycles. The van der Waals surface area contributed by atoms with Gasteiger partial charge in [-0.15, -0.1) is 11.3 Å². The number of nitrogens with zero attached hydrogens (tertiary/aromatic N) is 4. The molecule has 11 heteroatoms. The number of pyridine rings is 1. The predicted octanol–water partition coefficient (Wildman–Crippen LogP) is 2.35. The van der Waals surface area contributed by atoms with E-state index < -0.39 is 0 Å². The quantitative estimate of drug-likeness (QED) is 0.488. The first-order valence-electron chi connectivity index (χ1n) is 12.4. The summed E-state index contributed by atoms with van der Waals surface area (Å²) in [6.07, 6.45) is 4.24. The molecule has 9 nitrogen and oxygen atoms in total. The lowest BCUT2D eigenvalue weighted by Gasteiger charge is -2.31. The molecule has 2 aliphatic heterocycles. The zero-order valence-corrected chi connectivity index (χ0v) is 21.2. The van der Waals surface area contributed by atoms with Crippen molar-refractivity contribution in [1.29, 1.82) is 0 Å². The second-order valence-corrected chi connectivity index (χ2v) is 11.3. The summed E-state index contributed by atoms with van der Waals surface area (Å²) < 4.78 is 21.4. The number of hydrogen-bond acceptors (Lipinski definition) is 9. The molecule has 4 unspecified atom stereocenters. The van der Waals surface area contributed by atoms with Crippen molar-refractivity contribution in [1.82, 2.24) is 20.3 Å². The third kappa shape index (κ3) is 3.72. The molecule has 1 aliphatic carbocycles. The number of aryl methyl sites for hydroxylation is 2. The Morgan fingerprint density at radius 1 is 1.36 bits per heavy atom. The molecule has 3 aromatic heterocycles. The number of ether oxygens (including phenoxy) is 1. The highest BCUT2D eigenvalue weighted by Crippen LogP contribution is 2.40. The van der Waals surface area contributed by atoms with Crippen molar-refractivity contribution in [3.8, 4) is 0 Å². The molecule has 4 atom stereocenters. The number of nitrogens with two attached hydrogens (primary N) is 2. The van der Waals surface area contributed by atoms with E-state index in [1.807, 2.05) is 6.92 Å². The predicted molar refractivity (Wildman–Crippen MR) is 137 cm³/mol. The van der Waals surface area contributed by atoms with Gasteiger partial charge in [-0.25, -0.2) is 19.3 Å². The van der Waals surface area contributed by atoms with Gasteiger partial charge in [-0.2, -0.15) is 0 Å². The van der Waals surface area contributed by atoms with Gasteiger partial charge in [0.15, 0.2) is 0 Å². The molecule has 0 radical (unpaired) electrons. The third-order valence-corrected chi connectivity index (χ3v) is 9.07. The van der Waals surface area contributed by atoms with E-state index in [1.54, 1.807) is 6.20 Å². The SMILES string of the molecule is Cc1cnc2c(N)c(C(=O)NC3CCc4nc(N5CC(N)C6(C5)OCCC6C)cc(F)c4C3)sc2n1. The molecular weight excluding hydrogens is 481 g/mol. The zero-order chi connectivity index (χ0) is 25.2. The standard InChI is InChI=1S/C25H30FN7O2S/c1-12-5-6-35-25(12)11-33(10-18(25)27)19-8-16(26)15-7-14(3-4-17(15)32-19)31-23(34)22-20(28)21-24(36-22)30-13(2)9-29-21/h8-9,12,14,18H,3-7,10-11,27-28H2,1-2H3,(H,31,34). The van der Waals surface area contributed by atoms with Crippen LogP contribution in [0.2, 0.25) is 0 Å². The molecule has 2 fully saturated rings. The molecule has 190 valence electrons. The molecule has 3 aromatic rings. The number of amides is 1. The fourth-order valence-corrected chi connectivity index (χ4v) is 6.87. The minimum Gasteiger partial charge on any atom is -0.396 e. The van der Waals surface area contributed by atoms with E-state index in [-0.39, 0.29) is 29.4 Å². The van der Waals surface area contributed by atoms with Crippen LogP contribution in [-0.2, 0) is 17.6 Å². The number of halogens is 1. The van der Waals surface area contributed by atoms with E-state index in [4.69, 9.17) is 21.2 Å². The van der Waals surface area contributed by atoms with Crippen LogP contribution in [0.15, 0.2) is 12.3 Å². The van der Waals surface area contributed by atoms with Gasteiger partial charge < -0.3 is 26.4 Å². The van der Waals surface area contributed by atoms with Crippen molar-refractivity contribution in [2.45, 2.75) is 57.2 Å². The van der Waals surface area contributed by atoms with E-state index in [0.717, 1.165) is 17.8 Å². The molecule has 3 aliphatic rings. The number of carbonyl (C=O) groups is 1. The van der Waals surface area contributed by atoms with Gasteiger partial charge in [0.05, 0.1) is 24.0 Å². The number of rotatable bonds is 3. The minimum absolute atomic E-state index is 0.133. The van der Waals surface area contributed by atoms with Crippen LogP contribution in [0.5, 0.6) is 0 Å². The molecule has 6 rings (SSSR count). The zero-order valence-electron chi connectivity index (χ0n) is 20.4. The van der Waals surface area contributed by atoms with E-state index in [1.165, 1.54) is 17.4 Å². The maximum Gasteiger partial charge on any atom is 0.263 e. The lowest BCUT2D eigenvalue weighted by atomic mass is 9.85. The normalized spacial score (nSPS) is 27.7. The van der Waals surface area contributed by atoms with E-state index >= 15 is 4.39 Å². The number of hydrogen-bond donors (Lipinski definition) is 3. The van der Waals surface area contributed by atoms with Gasteiger partial charge >= 0.3 is 0 Å². The van der Waals surface area contributed by atoms with E-state index in [9.17, 15) is 4.79 Å². The summed E-state index contributed by atoms with van der Waals surface area (Å²) in [5.41, 5.74) is 15.2. The summed E-state index contributed by atoms with van der Waals surface area (Å²) in [5, 5.41) is 3.03. The van der Waals surface area contributed by atoms with Crippen molar-refractivity contribution in [2.75, 3.05) is 30.3 Å². The smallest absolute Gasteiger partial charge is 0.263 e. The summed E-state index contributed by atoms with van der Waals surface area (Å²) in [4.78, 5) is 29.6. The average molecular weight is 512 g/mol. The number of carbonyl (C=O) groups excluding carboxylic acids is 1. The van der Waals surface area contributed by atoms with Crippen LogP contribution in [-0.4, -0.2) is 58.2 Å². The van der Waals surface area contributed by atoms with Crippen LogP contribution < -0.4 is 21.7 Å². The number of fused-ring (bicyclic) bond motifs is 2. The van der Waals surface area contributed by atoms with Gasteiger partial charge in [-0.05, 0) is 38.5 Å². The lowest BCUT2D eigenvalue weighted by molar-refractivity contribution is -0.0109. The summed E-state index contributed by atoms with van der Waals surface area (Å²) in [6.45, 7) is 5.94. The molecule has 0 aromatic carbocycles. The Balaban J connectivity index is 1.18. The number of anilines is 2. The van der Waals surface area contributed by atoms with E-state index in [0.29, 0.717) is 77.2 Å². The van der Waals surface area contributed by atoms with Crippen LogP contribution in [0.1, 0.15) is 46.4 Å². The summed E-state index contributed by atoms with van der Waals surface area (Å²) in [7, 11) is 0. The number of thiophene rings is 1. The Morgan fingerprint density at radius 2 is 2.19 bits per heavy atom. The highest BCUT2D eigenvalue weighted by molar-refractivity contribution is 7.21. The maximum absolute atomic E-state index is 15.3. The molecule has 1 spiro atoms. The Bertz CT molecular complexity index is 1360. The van der Waals surface area contributed by atoms with Crippen LogP contribution in [0.25, 0.3) is 10.3 Å². The van der Waals surface area contributed by atoms with Gasteiger partial charge in [0, 0.05) is 42.7 Å². The first kappa shape index (κ1) is 23.5. The number of nitrogen functional groups attached to an aromatic ring is 1. The van der Waals surface area contributed by atoms with Crippen molar-refractivity contribution in [3.05, 3.63) is 39.9 Å². The maximum atomic E-state index is 15.3. The Kier molecular flexibility index (Phi) is 5.62. The molecule has 1 amide bonds. The van der Waals surface area contributed by atoms with Crippen molar-refractivity contribution in [2.24, 2.45) is 11.7 Å². The summed E-state index contributed by atoms with van der Waals surface area (Å²) >= 11 is 1.22. The molecule has 0 bridgehead atoms. The fraction of sp³-hybridized carbons (Fsp3) is 0.520. The van der Waals surface area contributed by atoms with Gasteiger partial charge in [-0.1, -0.05) is 6.92 Å². The Morgan fingerprint density at radius 3 is 2.97 bits per heavy atom. The second-order valence-electron chi connectivity index (χ2n) is 10.3. The summed E-state index contributed by atoms with van der Waals surface area (Å²) in [6, 6.07) is 1.15. The van der Waals surface area contributed by atoms with E-state index in [2.05, 4.69) is 27.1 Å². The van der Waals surface area contributed by atoms with Gasteiger partial charge in [0.1, 0.15) is 32.5 Å². The number of nitrogens with one attached hydrogen (secondary N) is 1. The Hall–Kier alpha value is -2.89. The van der Waals surface area contributed by atoms with Crippen molar-refractivity contribution >= 4 is 39.1 Å². The average Bonchev–Trinajstić information content (AvgIpc) is 3.50. The van der Waals surface area contributed by atoms with Crippen molar-refractivity contribution in [3.63, 3.8) is 0 Å². The fourth-order valence-electron chi connectivity index (χ4n) is 5.87. The first-order valence-corrected chi connectivity index (χ1v) is 13.2. The number of aromatic nitrogens is 3. The molecule has 2 saturated heterocycles. The van der Waals surface area contributed by atoms with Gasteiger partial charge in [-0.3, -0.25) is 4.79 Å². The summed E-state index contributed by atoms with van der Waals surface area (Å²) in [5.74, 6) is 0.386. The monoisotopic (exact) mass is 511 g/mol. The minimum atomic E-state index is -0.387. The molecule has 5 N–H and O–H groups in total. The molecule has 36 heavy (non-hydrogen) atoms.